The number of benzene rings is 1. The van der Waals surface area contributed by atoms with Gasteiger partial charge in [0, 0.05) is 30.2 Å². The zero-order valence-corrected chi connectivity index (χ0v) is 12.7. The lowest BCUT2D eigenvalue weighted by atomic mass is 10.2. The number of rotatable bonds is 4. The van der Waals surface area contributed by atoms with Crippen molar-refractivity contribution < 1.29 is 0 Å². The number of nitrogens with one attached hydrogen (secondary N) is 1. The van der Waals surface area contributed by atoms with Gasteiger partial charge in [0.15, 0.2) is 0 Å². The Kier molecular flexibility index (Phi) is 4.43. The van der Waals surface area contributed by atoms with E-state index < -0.39 is 0 Å². The first kappa shape index (κ1) is 13.6. The lowest BCUT2D eigenvalue weighted by Gasteiger charge is -2.06. The molecular formula is C13H15BrClN3. The fraction of sp³-hybridized carbons (Fsp3) is 0.308. The number of nitrogens with zero attached hydrogens (tertiary/aromatic N) is 2. The Morgan fingerprint density at radius 2 is 2.06 bits per heavy atom. The summed E-state index contributed by atoms with van der Waals surface area (Å²) in [6, 6.07) is 8.17. The Hall–Kier alpha value is -0.840. The van der Waals surface area contributed by atoms with E-state index in [4.69, 9.17) is 11.6 Å². The van der Waals surface area contributed by atoms with Gasteiger partial charge in [-0.1, -0.05) is 45.7 Å². The number of aromatic nitrogens is 2. The van der Waals surface area contributed by atoms with E-state index in [1.165, 1.54) is 5.56 Å². The van der Waals surface area contributed by atoms with Crippen LogP contribution in [0, 0.1) is 6.92 Å². The van der Waals surface area contributed by atoms with Gasteiger partial charge in [0.05, 0.1) is 5.69 Å². The number of hydrogen-bond donors (Lipinski definition) is 1. The second kappa shape index (κ2) is 5.87. The van der Waals surface area contributed by atoms with Crippen molar-refractivity contribution in [1.82, 2.24) is 15.1 Å². The monoisotopic (exact) mass is 327 g/mol. The number of aryl methyl sites for hydroxylation is 2. The minimum Gasteiger partial charge on any atom is -0.308 e. The van der Waals surface area contributed by atoms with Gasteiger partial charge in [0.25, 0.3) is 0 Å². The average molecular weight is 329 g/mol. The summed E-state index contributed by atoms with van der Waals surface area (Å²) in [5, 5.41) is 8.38. The van der Waals surface area contributed by atoms with Crippen molar-refractivity contribution in [2.45, 2.75) is 20.0 Å². The molecule has 0 amide bonds. The first-order valence-corrected chi connectivity index (χ1v) is 6.88. The highest BCUT2D eigenvalue weighted by Gasteiger charge is 2.10. The van der Waals surface area contributed by atoms with Gasteiger partial charge in [0.1, 0.15) is 5.15 Å². The van der Waals surface area contributed by atoms with Crippen LogP contribution < -0.4 is 5.32 Å². The Balaban J connectivity index is 1.99. The van der Waals surface area contributed by atoms with Crippen LogP contribution in [0.1, 0.15) is 16.8 Å². The van der Waals surface area contributed by atoms with E-state index in [0.717, 1.165) is 28.8 Å². The molecule has 3 nitrogen and oxygen atoms in total. The van der Waals surface area contributed by atoms with Crippen molar-refractivity contribution in [3.8, 4) is 0 Å². The van der Waals surface area contributed by atoms with Crippen molar-refractivity contribution in [3.63, 3.8) is 0 Å². The summed E-state index contributed by atoms with van der Waals surface area (Å²) in [7, 11) is 1.85. The van der Waals surface area contributed by atoms with Crippen molar-refractivity contribution in [3.05, 3.63) is 50.7 Å². The third-order valence-corrected chi connectivity index (χ3v) is 4.09. The molecular weight excluding hydrogens is 314 g/mol. The van der Waals surface area contributed by atoms with Crippen molar-refractivity contribution >= 4 is 27.5 Å². The summed E-state index contributed by atoms with van der Waals surface area (Å²) >= 11 is 9.71. The second-order valence-corrected chi connectivity index (χ2v) is 5.39. The SMILES string of the molecule is Cc1nn(C)c(Cl)c1CNCc1ccccc1Br. The predicted molar refractivity (Wildman–Crippen MR) is 77.6 cm³/mol. The fourth-order valence-corrected chi connectivity index (χ4v) is 2.50. The molecule has 1 heterocycles. The molecule has 0 atom stereocenters. The molecule has 0 aliphatic heterocycles. The summed E-state index contributed by atoms with van der Waals surface area (Å²) in [6.45, 7) is 3.49. The van der Waals surface area contributed by atoms with Crippen LogP contribution in [-0.4, -0.2) is 9.78 Å². The minimum absolute atomic E-state index is 0.701. The third-order valence-electron chi connectivity index (χ3n) is 2.84. The molecule has 5 heteroatoms. The van der Waals surface area contributed by atoms with E-state index in [1.807, 2.05) is 32.2 Å². The molecule has 0 aliphatic rings. The van der Waals surface area contributed by atoms with Gasteiger partial charge in [-0.3, -0.25) is 4.68 Å². The van der Waals surface area contributed by atoms with Gasteiger partial charge in [-0.15, -0.1) is 0 Å². The average Bonchev–Trinajstić information content (AvgIpc) is 2.58. The molecule has 0 fully saturated rings. The van der Waals surface area contributed by atoms with Gasteiger partial charge in [-0.25, -0.2) is 0 Å². The van der Waals surface area contributed by atoms with Crippen LogP contribution >= 0.6 is 27.5 Å². The van der Waals surface area contributed by atoms with E-state index in [1.54, 1.807) is 4.68 Å². The third kappa shape index (κ3) is 2.94. The molecule has 1 aromatic heterocycles. The van der Waals surface area contributed by atoms with Gasteiger partial charge >= 0.3 is 0 Å². The number of hydrogen-bond acceptors (Lipinski definition) is 2. The Bertz CT molecular complexity index is 551. The molecule has 0 spiro atoms. The number of halogens is 2. The molecule has 0 unspecified atom stereocenters. The Morgan fingerprint density at radius 1 is 1.33 bits per heavy atom. The minimum atomic E-state index is 0.701. The zero-order valence-electron chi connectivity index (χ0n) is 10.4. The first-order valence-electron chi connectivity index (χ1n) is 5.71. The largest absolute Gasteiger partial charge is 0.308 e. The topological polar surface area (TPSA) is 29.9 Å². The maximum absolute atomic E-state index is 6.18. The fourth-order valence-electron chi connectivity index (χ4n) is 1.84. The second-order valence-electron chi connectivity index (χ2n) is 4.17. The van der Waals surface area contributed by atoms with Crippen LogP contribution in [0.25, 0.3) is 0 Å². The normalized spacial score (nSPS) is 10.9. The van der Waals surface area contributed by atoms with Crippen LogP contribution in [0.2, 0.25) is 5.15 Å². The maximum atomic E-state index is 6.18. The molecule has 96 valence electrons. The molecule has 0 bridgehead atoms. The highest BCUT2D eigenvalue weighted by atomic mass is 79.9. The molecule has 0 radical (unpaired) electrons. The summed E-state index contributed by atoms with van der Waals surface area (Å²) in [5.41, 5.74) is 3.27. The van der Waals surface area contributed by atoms with Crippen LogP contribution in [0.15, 0.2) is 28.7 Å². The summed E-state index contributed by atoms with van der Waals surface area (Å²) in [5.74, 6) is 0. The smallest absolute Gasteiger partial charge is 0.131 e. The van der Waals surface area contributed by atoms with Crippen LogP contribution in [0.4, 0.5) is 0 Å². The zero-order chi connectivity index (χ0) is 13.1. The maximum Gasteiger partial charge on any atom is 0.131 e. The highest BCUT2D eigenvalue weighted by Crippen LogP contribution is 2.19. The van der Waals surface area contributed by atoms with Crippen molar-refractivity contribution in [1.29, 1.82) is 0 Å². The molecule has 18 heavy (non-hydrogen) atoms. The molecule has 0 saturated carbocycles. The standard InChI is InChI=1S/C13H15BrClN3/c1-9-11(13(15)18(2)17-9)8-16-7-10-5-3-4-6-12(10)14/h3-6,16H,7-8H2,1-2H3. The molecule has 0 saturated heterocycles. The Morgan fingerprint density at radius 3 is 2.67 bits per heavy atom. The van der Waals surface area contributed by atoms with E-state index in [0.29, 0.717) is 5.15 Å². The molecule has 1 N–H and O–H groups in total. The van der Waals surface area contributed by atoms with E-state index in [9.17, 15) is 0 Å². The summed E-state index contributed by atoms with van der Waals surface area (Å²) in [6.07, 6.45) is 0. The highest BCUT2D eigenvalue weighted by molar-refractivity contribution is 9.10. The van der Waals surface area contributed by atoms with Crippen molar-refractivity contribution in [2.24, 2.45) is 7.05 Å². The summed E-state index contributed by atoms with van der Waals surface area (Å²) in [4.78, 5) is 0. The van der Waals surface area contributed by atoms with E-state index in [-0.39, 0.29) is 0 Å². The molecule has 2 aromatic rings. The quantitative estimate of drug-likeness (QED) is 0.932. The van der Waals surface area contributed by atoms with Gasteiger partial charge in [0.2, 0.25) is 0 Å². The molecule has 2 rings (SSSR count). The van der Waals surface area contributed by atoms with Crippen LogP contribution in [0.3, 0.4) is 0 Å². The summed E-state index contributed by atoms with van der Waals surface area (Å²) < 4.78 is 2.82. The van der Waals surface area contributed by atoms with Crippen LogP contribution in [0.5, 0.6) is 0 Å². The van der Waals surface area contributed by atoms with Crippen LogP contribution in [-0.2, 0) is 20.1 Å². The van der Waals surface area contributed by atoms with Gasteiger partial charge in [-0.2, -0.15) is 5.10 Å². The van der Waals surface area contributed by atoms with E-state index >= 15 is 0 Å². The van der Waals surface area contributed by atoms with Gasteiger partial charge < -0.3 is 5.32 Å². The lowest BCUT2D eigenvalue weighted by molar-refractivity contribution is 0.688. The molecule has 0 aliphatic carbocycles. The Labute approximate surface area is 120 Å². The van der Waals surface area contributed by atoms with E-state index in [2.05, 4.69) is 32.4 Å². The first-order chi connectivity index (χ1) is 8.59. The van der Waals surface area contributed by atoms with Crippen molar-refractivity contribution in [2.75, 3.05) is 0 Å². The molecule has 1 aromatic carbocycles. The lowest BCUT2D eigenvalue weighted by Crippen LogP contribution is -2.13. The predicted octanol–water partition coefficient (Wildman–Crippen LogP) is 3.43. The van der Waals surface area contributed by atoms with Gasteiger partial charge in [-0.05, 0) is 18.6 Å².